The van der Waals surface area contributed by atoms with Crippen molar-refractivity contribution < 1.29 is 18.3 Å². The van der Waals surface area contributed by atoms with Gasteiger partial charge >= 0.3 is 5.97 Å². The maximum atomic E-state index is 12.2. The first-order valence-electron chi connectivity index (χ1n) is 6.29. The van der Waals surface area contributed by atoms with Crippen LogP contribution >= 0.6 is 11.3 Å². The van der Waals surface area contributed by atoms with Crippen molar-refractivity contribution in [2.45, 2.75) is 24.8 Å². The molecule has 0 aliphatic heterocycles. The van der Waals surface area contributed by atoms with Gasteiger partial charge in [-0.15, -0.1) is 11.3 Å². The monoisotopic (exact) mass is 328 g/mol. The molecule has 8 heteroatoms. The third-order valence-electron chi connectivity index (χ3n) is 3.15. The minimum atomic E-state index is -3.72. The number of carboxylic acids is 1. The summed E-state index contributed by atoms with van der Waals surface area (Å²) in [6.07, 6.45) is 2.13. The second-order valence-corrected chi connectivity index (χ2v) is 7.29. The number of rotatable bonds is 6. The molecule has 0 amide bonds. The Morgan fingerprint density at radius 2 is 2.19 bits per heavy atom. The van der Waals surface area contributed by atoms with Gasteiger partial charge in [-0.2, -0.15) is 0 Å². The molecule has 6 nitrogen and oxygen atoms in total. The van der Waals surface area contributed by atoms with Crippen LogP contribution in [0.1, 0.15) is 27.9 Å². The third kappa shape index (κ3) is 3.34. The van der Waals surface area contributed by atoms with E-state index in [1.165, 1.54) is 29.1 Å². The van der Waals surface area contributed by atoms with E-state index >= 15 is 0 Å². The lowest BCUT2D eigenvalue weighted by Gasteiger charge is -2.05. The zero-order chi connectivity index (χ0) is 15.6. The highest BCUT2D eigenvalue weighted by Gasteiger charge is 2.20. The molecule has 0 bridgehead atoms. The van der Waals surface area contributed by atoms with Crippen molar-refractivity contribution in [3.05, 3.63) is 39.8 Å². The lowest BCUT2D eigenvalue weighted by molar-refractivity contribution is 0.0686. The van der Waals surface area contributed by atoms with Gasteiger partial charge in [0.1, 0.15) is 10.6 Å². The number of aryl methyl sites for hydroxylation is 2. The number of sulfonamides is 1. The first kappa shape index (κ1) is 15.7. The van der Waals surface area contributed by atoms with Gasteiger partial charge in [-0.05, 0) is 29.5 Å². The zero-order valence-electron chi connectivity index (χ0n) is 11.7. The fourth-order valence-corrected chi connectivity index (χ4v) is 4.05. The van der Waals surface area contributed by atoms with Gasteiger partial charge in [-0.3, -0.25) is 0 Å². The third-order valence-corrected chi connectivity index (χ3v) is 5.48. The minimum Gasteiger partial charge on any atom is -0.477 e. The predicted molar refractivity (Wildman–Crippen MR) is 80.1 cm³/mol. The zero-order valence-corrected chi connectivity index (χ0v) is 13.3. The normalized spacial score (nSPS) is 11.7. The van der Waals surface area contributed by atoms with Crippen LogP contribution in [0, 0.1) is 0 Å². The second-order valence-electron chi connectivity index (χ2n) is 4.52. The summed E-state index contributed by atoms with van der Waals surface area (Å²) in [4.78, 5) is 11.9. The van der Waals surface area contributed by atoms with Crippen LogP contribution in [0.25, 0.3) is 0 Å². The van der Waals surface area contributed by atoms with Crippen molar-refractivity contribution in [1.82, 2.24) is 9.29 Å². The molecule has 0 fully saturated rings. The lowest BCUT2D eigenvalue weighted by Crippen LogP contribution is -2.22. The molecule has 0 aromatic carbocycles. The van der Waals surface area contributed by atoms with E-state index < -0.39 is 16.0 Å². The van der Waals surface area contributed by atoms with E-state index in [1.54, 1.807) is 0 Å². The number of carboxylic acid groups (broad SMARTS) is 1. The summed E-state index contributed by atoms with van der Waals surface area (Å²) in [6, 6.07) is 3.12. The molecule has 2 heterocycles. The van der Waals surface area contributed by atoms with Gasteiger partial charge in [0.2, 0.25) is 10.0 Å². The van der Waals surface area contributed by atoms with Crippen LogP contribution < -0.4 is 4.72 Å². The number of aromatic nitrogens is 1. The molecule has 0 radical (unpaired) electrons. The van der Waals surface area contributed by atoms with E-state index in [2.05, 4.69) is 4.72 Å². The summed E-state index contributed by atoms with van der Waals surface area (Å²) in [5.41, 5.74) is 1.04. The molecule has 0 aliphatic rings. The van der Waals surface area contributed by atoms with E-state index in [-0.39, 0.29) is 17.1 Å². The SMILES string of the molecule is CCc1ccsc1CNS(=O)(=O)c1cc(C(=O)O)n(C)c1. The first-order chi connectivity index (χ1) is 9.85. The Balaban J connectivity index is 2.19. The van der Waals surface area contributed by atoms with Crippen molar-refractivity contribution in [1.29, 1.82) is 0 Å². The molecule has 114 valence electrons. The van der Waals surface area contributed by atoms with Crippen LogP contribution in [-0.2, 0) is 30.0 Å². The molecule has 21 heavy (non-hydrogen) atoms. The summed E-state index contributed by atoms with van der Waals surface area (Å²) in [6.45, 7) is 2.22. The number of hydrogen-bond donors (Lipinski definition) is 2. The Hall–Kier alpha value is -1.64. The quantitative estimate of drug-likeness (QED) is 0.846. The summed E-state index contributed by atoms with van der Waals surface area (Å²) < 4.78 is 28.2. The summed E-state index contributed by atoms with van der Waals surface area (Å²) in [5.74, 6) is -1.16. The summed E-state index contributed by atoms with van der Waals surface area (Å²) >= 11 is 1.50. The number of aromatic carboxylic acids is 1. The highest BCUT2D eigenvalue weighted by atomic mass is 32.2. The fourth-order valence-electron chi connectivity index (χ4n) is 1.97. The van der Waals surface area contributed by atoms with Crippen molar-refractivity contribution in [3.63, 3.8) is 0 Å². The van der Waals surface area contributed by atoms with E-state index in [0.717, 1.165) is 22.9 Å². The first-order valence-corrected chi connectivity index (χ1v) is 8.66. The van der Waals surface area contributed by atoms with Gasteiger partial charge in [0, 0.05) is 24.7 Å². The Kier molecular flexibility index (Phi) is 4.50. The highest BCUT2D eigenvalue weighted by Crippen LogP contribution is 2.19. The van der Waals surface area contributed by atoms with Gasteiger partial charge in [-0.25, -0.2) is 17.9 Å². The second kappa shape index (κ2) is 6.00. The number of carbonyl (C=O) groups is 1. The van der Waals surface area contributed by atoms with Crippen LogP contribution in [0.15, 0.2) is 28.6 Å². The van der Waals surface area contributed by atoms with Crippen molar-refractivity contribution in [2.75, 3.05) is 0 Å². The highest BCUT2D eigenvalue weighted by molar-refractivity contribution is 7.89. The van der Waals surface area contributed by atoms with Crippen LogP contribution in [-0.4, -0.2) is 24.1 Å². The molecule has 0 spiro atoms. The number of nitrogens with one attached hydrogen (secondary N) is 1. The van der Waals surface area contributed by atoms with Crippen molar-refractivity contribution >= 4 is 27.3 Å². The molecule has 0 saturated carbocycles. The van der Waals surface area contributed by atoms with Gasteiger partial charge in [-0.1, -0.05) is 6.92 Å². The molecule has 0 atom stereocenters. The maximum absolute atomic E-state index is 12.2. The molecular weight excluding hydrogens is 312 g/mol. The van der Waals surface area contributed by atoms with E-state index in [0.29, 0.717) is 0 Å². The predicted octanol–water partition coefficient (Wildman–Crippen LogP) is 1.83. The number of hydrogen-bond acceptors (Lipinski definition) is 4. The van der Waals surface area contributed by atoms with Crippen LogP contribution in [0.4, 0.5) is 0 Å². The van der Waals surface area contributed by atoms with E-state index in [4.69, 9.17) is 5.11 Å². The van der Waals surface area contributed by atoms with Crippen LogP contribution in [0.2, 0.25) is 0 Å². The topological polar surface area (TPSA) is 88.4 Å². The minimum absolute atomic E-state index is 0.0444. The number of nitrogens with zero attached hydrogens (tertiary/aromatic N) is 1. The smallest absolute Gasteiger partial charge is 0.352 e. The molecular formula is C13H16N2O4S2. The van der Waals surface area contributed by atoms with Crippen molar-refractivity contribution in [3.8, 4) is 0 Å². The lowest BCUT2D eigenvalue weighted by atomic mass is 10.2. The van der Waals surface area contributed by atoms with Gasteiger partial charge < -0.3 is 9.67 Å². The van der Waals surface area contributed by atoms with E-state index in [9.17, 15) is 13.2 Å². The molecule has 0 aliphatic carbocycles. The van der Waals surface area contributed by atoms with Gasteiger partial charge in [0.05, 0.1) is 0 Å². The molecule has 2 rings (SSSR count). The molecule has 2 aromatic rings. The Morgan fingerprint density at radius 3 is 2.76 bits per heavy atom. The Morgan fingerprint density at radius 1 is 1.48 bits per heavy atom. The Labute approximate surface area is 127 Å². The molecule has 0 unspecified atom stereocenters. The summed E-state index contributed by atoms with van der Waals surface area (Å²) in [5, 5.41) is 10.9. The average Bonchev–Trinajstić information content (AvgIpc) is 3.02. The van der Waals surface area contributed by atoms with Gasteiger partial charge in [0.25, 0.3) is 0 Å². The summed E-state index contributed by atoms with van der Waals surface area (Å²) in [7, 11) is -2.23. The van der Waals surface area contributed by atoms with Crippen LogP contribution in [0.5, 0.6) is 0 Å². The van der Waals surface area contributed by atoms with Crippen LogP contribution in [0.3, 0.4) is 0 Å². The molecule has 2 aromatic heterocycles. The standard InChI is InChI=1S/C13H16N2O4S2/c1-3-9-4-5-20-12(9)7-14-21(18,19)10-6-11(13(16)17)15(2)8-10/h4-6,8,14H,3,7H2,1-2H3,(H,16,17). The molecule has 0 saturated heterocycles. The maximum Gasteiger partial charge on any atom is 0.352 e. The number of thiophene rings is 1. The average molecular weight is 328 g/mol. The van der Waals surface area contributed by atoms with E-state index in [1.807, 2.05) is 18.4 Å². The molecule has 2 N–H and O–H groups in total. The largest absolute Gasteiger partial charge is 0.477 e. The Bertz CT molecular complexity index is 759. The van der Waals surface area contributed by atoms with Gasteiger partial charge in [0.15, 0.2) is 0 Å². The van der Waals surface area contributed by atoms with Crippen molar-refractivity contribution in [2.24, 2.45) is 7.05 Å². The fraction of sp³-hybridized carbons (Fsp3) is 0.308.